The van der Waals surface area contributed by atoms with Gasteiger partial charge in [-0.1, -0.05) is 103 Å². The highest BCUT2D eigenvalue weighted by atomic mass is 32.2. The summed E-state index contributed by atoms with van der Waals surface area (Å²) in [6.45, 7) is 0. The molecule has 0 aromatic heterocycles. The molecule has 1 unspecified atom stereocenters. The molecule has 5 heteroatoms. The van der Waals surface area contributed by atoms with E-state index >= 15 is 0 Å². The van der Waals surface area contributed by atoms with Crippen molar-refractivity contribution in [2.24, 2.45) is 10.9 Å². The third-order valence-corrected chi connectivity index (χ3v) is 5.80. The number of benzene rings is 3. The largest absolute Gasteiger partial charge is 0.304 e. The molecule has 3 aromatic carbocycles. The first-order valence-corrected chi connectivity index (χ1v) is 10.4. The van der Waals surface area contributed by atoms with E-state index in [1.165, 1.54) is 11.8 Å². The molecule has 1 aliphatic heterocycles. The fourth-order valence-corrected chi connectivity index (χ4v) is 4.30. The van der Waals surface area contributed by atoms with Crippen LogP contribution in [0.2, 0.25) is 0 Å². The molecule has 0 radical (unpaired) electrons. The Morgan fingerprint density at radius 2 is 1.31 bits per heavy atom. The molecule has 2 amide bonds. The number of amidine groups is 1. The van der Waals surface area contributed by atoms with Crippen LogP contribution in [0.1, 0.15) is 22.6 Å². The standard InChI is InChI=1S/C24H20N2O2S/c27-22-21(20(18-12-6-2-7-13-18)19-14-8-3-9-15-19)23(28)26-24(25-22)29-16-17-10-4-1-5-11-17/h1-15,20-21H,16H2,(H,25,26,27,28). The van der Waals surface area contributed by atoms with Crippen LogP contribution in [-0.2, 0) is 15.3 Å². The highest BCUT2D eigenvalue weighted by Gasteiger charge is 2.40. The summed E-state index contributed by atoms with van der Waals surface area (Å²) >= 11 is 1.36. The molecule has 0 aliphatic carbocycles. The van der Waals surface area contributed by atoms with Gasteiger partial charge in [0.1, 0.15) is 5.92 Å². The van der Waals surface area contributed by atoms with Gasteiger partial charge in [-0.25, -0.2) is 0 Å². The van der Waals surface area contributed by atoms with Gasteiger partial charge in [-0.15, -0.1) is 0 Å². The lowest BCUT2D eigenvalue weighted by atomic mass is 9.79. The molecule has 0 saturated carbocycles. The number of hydrogen-bond acceptors (Lipinski definition) is 3. The number of carbonyl (C=O) groups excluding carboxylic acids is 2. The van der Waals surface area contributed by atoms with Crippen LogP contribution in [0.15, 0.2) is 96.0 Å². The summed E-state index contributed by atoms with van der Waals surface area (Å²) in [6.07, 6.45) is 0. The van der Waals surface area contributed by atoms with Gasteiger partial charge in [-0.05, 0) is 16.7 Å². The Hall–Kier alpha value is -3.18. The van der Waals surface area contributed by atoms with E-state index in [2.05, 4.69) is 10.3 Å². The third-order valence-electron chi connectivity index (χ3n) is 4.86. The number of nitrogens with zero attached hydrogens (tertiary/aromatic N) is 1. The van der Waals surface area contributed by atoms with Crippen LogP contribution in [0, 0.1) is 5.92 Å². The molecule has 144 valence electrons. The van der Waals surface area contributed by atoms with Gasteiger partial charge >= 0.3 is 0 Å². The molecule has 1 aliphatic rings. The molecule has 1 heterocycles. The quantitative estimate of drug-likeness (QED) is 0.647. The Labute approximate surface area is 174 Å². The fourth-order valence-electron chi connectivity index (χ4n) is 3.48. The summed E-state index contributed by atoms with van der Waals surface area (Å²) in [7, 11) is 0. The fraction of sp³-hybridized carbons (Fsp3) is 0.125. The average molecular weight is 401 g/mol. The lowest BCUT2D eigenvalue weighted by molar-refractivity contribution is -0.133. The Balaban J connectivity index is 1.60. The minimum Gasteiger partial charge on any atom is -0.304 e. The minimum atomic E-state index is -0.888. The summed E-state index contributed by atoms with van der Waals surface area (Å²) in [5, 5.41) is 3.20. The second-order valence-electron chi connectivity index (χ2n) is 6.80. The summed E-state index contributed by atoms with van der Waals surface area (Å²) < 4.78 is 0. The van der Waals surface area contributed by atoms with E-state index in [-0.39, 0.29) is 11.8 Å². The van der Waals surface area contributed by atoms with E-state index in [1.54, 1.807) is 0 Å². The second kappa shape index (κ2) is 8.88. The normalized spacial score (nSPS) is 16.4. The first-order chi connectivity index (χ1) is 14.2. The molecule has 0 saturated heterocycles. The Kier molecular flexibility index (Phi) is 5.86. The van der Waals surface area contributed by atoms with Crippen LogP contribution in [0.3, 0.4) is 0 Å². The van der Waals surface area contributed by atoms with Gasteiger partial charge in [0, 0.05) is 11.7 Å². The molecule has 1 atom stereocenters. The average Bonchev–Trinajstić information content (AvgIpc) is 2.77. The molecular weight excluding hydrogens is 380 g/mol. The van der Waals surface area contributed by atoms with Crippen molar-refractivity contribution in [1.82, 2.24) is 5.32 Å². The first kappa shape index (κ1) is 19.2. The van der Waals surface area contributed by atoms with Gasteiger partial charge in [-0.3, -0.25) is 9.59 Å². The monoisotopic (exact) mass is 400 g/mol. The van der Waals surface area contributed by atoms with Crippen molar-refractivity contribution in [2.75, 3.05) is 0 Å². The van der Waals surface area contributed by atoms with Crippen molar-refractivity contribution in [3.05, 3.63) is 108 Å². The lowest BCUT2D eigenvalue weighted by Gasteiger charge is -2.28. The molecule has 4 nitrogen and oxygen atoms in total. The summed E-state index contributed by atoms with van der Waals surface area (Å²) in [6, 6.07) is 29.2. The van der Waals surface area contributed by atoms with Crippen molar-refractivity contribution in [3.63, 3.8) is 0 Å². The van der Waals surface area contributed by atoms with Gasteiger partial charge < -0.3 is 5.32 Å². The molecule has 4 rings (SSSR count). The van der Waals surface area contributed by atoms with Crippen LogP contribution < -0.4 is 5.32 Å². The summed E-state index contributed by atoms with van der Waals surface area (Å²) in [4.78, 5) is 30.2. The van der Waals surface area contributed by atoms with E-state index in [0.29, 0.717) is 10.9 Å². The molecule has 0 bridgehead atoms. The topological polar surface area (TPSA) is 58.5 Å². The number of aliphatic imine (C=N–C) groups is 1. The van der Waals surface area contributed by atoms with Crippen molar-refractivity contribution in [2.45, 2.75) is 11.7 Å². The van der Waals surface area contributed by atoms with Gasteiger partial charge in [0.05, 0.1) is 0 Å². The zero-order valence-electron chi connectivity index (χ0n) is 15.7. The van der Waals surface area contributed by atoms with Gasteiger partial charge in [-0.2, -0.15) is 4.99 Å². The lowest BCUT2D eigenvalue weighted by Crippen LogP contribution is -2.45. The van der Waals surface area contributed by atoms with E-state index < -0.39 is 11.8 Å². The number of amides is 2. The molecule has 0 fully saturated rings. The number of nitrogens with one attached hydrogen (secondary N) is 1. The van der Waals surface area contributed by atoms with Gasteiger partial charge in [0.25, 0.3) is 5.91 Å². The Morgan fingerprint density at radius 1 is 0.793 bits per heavy atom. The highest BCUT2D eigenvalue weighted by molar-refractivity contribution is 8.13. The second-order valence-corrected chi connectivity index (χ2v) is 7.76. The van der Waals surface area contributed by atoms with Crippen LogP contribution >= 0.6 is 11.8 Å². The smallest absolute Gasteiger partial charge is 0.261 e. The first-order valence-electron chi connectivity index (χ1n) is 9.42. The predicted octanol–water partition coefficient (Wildman–Crippen LogP) is 4.38. The maximum atomic E-state index is 13.0. The zero-order valence-corrected chi connectivity index (χ0v) is 16.5. The van der Waals surface area contributed by atoms with Crippen molar-refractivity contribution >= 4 is 28.7 Å². The van der Waals surface area contributed by atoms with E-state index in [0.717, 1.165) is 16.7 Å². The number of rotatable bonds is 5. The van der Waals surface area contributed by atoms with Gasteiger partial charge in [0.2, 0.25) is 5.91 Å². The van der Waals surface area contributed by atoms with Crippen LogP contribution in [-0.4, -0.2) is 17.0 Å². The highest BCUT2D eigenvalue weighted by Crippen LogP contribution is 2.34. The minimum absolute atomic E-state index is 0.307. The van der Waals surface area contributed by atoms with E-state index in [1.807, 2.05) is 91.0 Å². The van der Waals surface area contributed by atoms with Crippen LogP contribution in [0.25, 0.3) is 0 Å². The van der Waals surface area contributed by atoms with Crippen LogP contribution in [0.4, 0.5) is 0 Å². The van der Waals surface area contributed by atoms with Crippen molar-refractivity contribution in [1.29, 1.82) is 0 Å². The van der Waals surface area contributed by atoms with Gasteiger partial charge in [0.15, 0.2) is 5.17 Å². The SMILES string of the molecule is O=C1N=C(SCc2ccccc2)NC(=O)C1C(c1ccccc1)c1ccccc1. The summed E-state index contributed by atoms with van der Waals surface area (Å²) in [5.41, 5.74) is 2.95. The van der Waals surface area contributed by atoms with Crippen LogP contribution in [0.5, 0.6) is 0 Å². The Bertz CT molecular complexity index is 981. The molecular formula is C24H20N2O2S. The maximum Gasteiger partial charge on any atom is 0.261 e. The van der Waals surface area contributed by atoms with E-state index in [9.17, 15) is 9.59 Å². The van der Waals surface area contributed by atoms with E-state index in [4.69, 9.17) is 0 Å². The molecule has 29 heavy (non-hydrogen) atoms. The molecule has 1 N–H and O–H groups in total. The third kappa shape index (κ3) is 4.46. The maximum absolute atomic E-state index is 13.0. The predicted molar refractivity (Wildman–Crippen MR) is 117 cm³/mol. The van der Waals surface area contributed by atoms with Crippen molar-refractivity contribution in [3.8, 4) is 0 Å². The van der Waals surface area contributed by atoms with Crippen molar-refractivity contribution < 1.29 is 9.59 Å². The number of thioether (sulfide) groups is 1. The Morgan fingerprint density at radius 3 is 1.83 bits per heavy atom. The molecule has 0 spiro atoms. The molecule has 3 aromatic rings. The number of carbonyl (C=O) groups is 2. The zero-order chi connectivity index (χ0) is 20.1. The summed E-state index contributed by atoms with van der Waals surface area (Å²) in [5.74, 6) is -1.34. The number of hydrogen-bond donors (Lipinski definition) is 1.